The van der Waals surface area contributed by atoms with Crippen molar-refractivity contribution >= 4 is 5.82 Å². The lowest BCUT2D eigenvalue weighted by atomic mass is 10.1. The van der Waals surface area contributed by atoms with Gasteiger partial charge in [-0.1, -0.05) is 6.07 Å². The summed E-state index contributed by atoms with van der Waals surface area (Å²) < 4.78 is 2.04. The van der Waals surface area contributed by atoms with Crippen LogP contribution in [0.5, 0.6) is 0 Å². The van der Waals surface area contributed by atoms with Crippen molar-refractivity contribution in [1.29, 1.82) is 0 Å². The van der Waals surface area contributed by atoms with Crippen molar-refractivity contribution in [3.05, 3.63) is 41.9 Å². The summed E-state index contributed by atoms with van der Waals surface area (Å²) in [6.45, 7) is 2.99. The highest BCUT2D eigenvalue weighted by Crippen LogP contribution is 2.28. The first-order chi connectivity index (χ1) is 7.84. The van der Waals surface area contributed by atoms with E-state index in [1.165, 1.54) is 0 Å². The lowest BCUT2D eigenvalue weighted by molar-refractivity contribution is 0.470. The standard InChI is InChI=1S/C12H14N4/c1-9-8-12-14-7-5-11(16(12)15-9)10-4-2-3-6-13-10/h2-4,6,8,11,14H,5,7H2,1H3. The molecule has 0 aliphatic carbocycles. The average molecular weight is 214 g/mol. The fraction of sp³-hybridized carbons (Fsp3) is 0.333. The highest BCUT2D eigenvalue weighted by molar-refractivity contribution is 5.40. The van der Waals surface area contributed by atoms with Gasteiger partial charge >= 0.3 is 0 Å². The quantitative estimate of drug-likeness (QED) is 0.789. The van der Waals surface area contributed by atoms with Gasteiger partial charge in [0.1, 0.15) is 5.82 Å². The number of hydrogen-bond donors (Lipinski definition) is 1. The molecule has 16 heavy (non-hydrogen) atoms. The number of anilines is 1. The van der Waals surface area contributed by atoms with Crippen molar-refractivity contribution in [3.63, 3.8) is 0 Å². The molecule has 1 aliphatic rings. The average Bonchev–Trinajstić information content (AvgIpc) is 2.70. The first-order valence-corrected chi connectivity index (χ1v) is 5.55. The third-order valence-electron chi connectivity index (χ3n) is 2.91. The zero-order valence-electron chi connectivity index (χ0n) is 9.22. The third kappa shape index (κ3) is 1.46. The minimum atomic E-state index is 0.270. The van der Waals surface area contributed by atoms with Gasteiger partial charge in [-0.25, -0.2) is 4.68 Å². The van der Waals surface area contributed by atoms with Crippen LogP contribution in [-0.2, 0) is 0 Å². The molecule has 1 atom stereocenters. The number of aromatic nitrogens is 3. The number of nitrogens with one attached hydrogen (secondary N) is 1. The molecule has 4 nitrogen and oxygen atoms in total. The zero-order chi connectivity index (χ0) is 11.0. The number of nitrogens with zero attached hydrogens (tertiary/aromatic N) is 3. The maximum Gasteiger partial charge on any atom is 0.125 e. The number of aryl methyl sites for hydroxylation is 1. The molecule has 0 amide bonds. The molecular formula is C12H14N4. The van der Waals surface area contributed by atoms with E-state index in [2.05, 4.69) is 27.5 Å². The van der Waals surface area contributed by atoms with Crippen molar-refractivity contribution in [2.45, 2.75) is 19.4 Å². The van der Waals surface area contributed by atoms with Gasteiger partial charge in [-0.2, -0.15) is 5.10 Å². The van der Waals surface area contributed by atoms with Gasteiger partial charge in [0.05, 0.1) is 17.4 Å². The van der Waals surface area contributed by atoms with Crippen LogP contribution in [0.2, 0.25) is 0 Å². The summed E-state index contributed by atoms with van der Waals surface area (Å²) in [6, 6.07) is 8.39. The Bertz CT molecular complexity index is 489. The van der Waals surface area contributed by atoms with Crippen LogP contribution in [0.1, 0.15) is 23.9 Å². The fourth-order valence-electron chi connectivity index (χ4n) is 2.19. The molecule has 0 bridgehead atoms. The monoisotopic (exact) mass is 214 g/mol. The van der Waals surface area contributed by atoms with E-state index in [1.54, 1.807) is 0 Å². The molecule has 2 aromatic rings. The van der Waals surface area contributed by atoms with E-state index in [4.69, 9.17) is 0 Å². The molecular weight excluding hydrogens is 200 g/mol. The van der Waals surface area contributed by atoms with Crippen LogP contribution in [-0.4, -0.2) is 21.3 Å². The second-order valence-corrected chi connectivity index (χ2v) is 4.10. The molecule has 0 spiro atoms. The predicted molar refractivity (Wildman–Crippen MR) is 62.4 cm³/mol. The van der Waals surface area contributed by atoms with Crippen molar-refractivity contribution in [2.24, 2.45) is 0 Å². The van der Waals surface area contributed by atoms with Crippen molar-refractivity contribution in [1.82, 2.24) is 14.8 Å². The van der Waals surface area contributed by atoms with E-state index >= 15 is 0 Å². The Labute approximate surface area is 94.3 Å². The van der Waals surface area contributed by atoms with E-state index in [0.717, 1.165) is 30.2 Å². The highest BCUT2D eigenvalue weighted by Gasteiger charge is 2.22. The van der Waals surface area contributed by atoms with Gasteiger partial charge in [-0.05, 0) is 25.5 Å². The van der Waals surface area contributed by atoms with Crippen LogP contribution in [0.3, 0.4) is 0 Å². The van der Waals surface area contributed by atoms with Crippen molar-refractivity contribution in [2.75, 3.05) is 11.9 Å². The highest BCUT2D eigenvalue weighted by atomic mass is 15.4. The van der Waals surface area contributed by atoms with E-state index < -0.39 is 0 Å². The first-order valence-electron chi connectivity index (χ1n) is 5.55. The summed E-state index contributed by atoms with van der Waals surface area (Å²) in [5, 5.41) is 7.88. The summed E-state index contributed by atoms with van der Waals surface area (Å²) in [5.74, 6) is 1.10. The molecule has 0 radical (unpaired) electrons. The van der Waals surface area contributed by atoms with Crippen molar-refractivity contribution < 1.29 is 0 Å². The zero-order valence-corrected chi connectivity index (χ0v) is 9.22. The summed E-state index contributed by atoms with van der Waals surface area (Å²) in [4.78, 5) is 4.42. The molecule has 1 N–H and O–H groups in total. The van der Waals surface area contributed by atoms with Gasteiger partial charge < -0.3 is 5.32 Å². The van der Waals surface area contributed by atoms with E-state index in [-0.39, 0.29) is 6.04 Å². The Hall–Kier alpha value is -1.84. The van der Waals surface area contributed by atoms with Gasteiger partial charge in [-0.15, -0.1) is 0 Å². The Morgan fingerprint density at radius 1 is 1.44 bits per heavy atom. The third-order valence-corrected chi connectivity index (χ3v) is 2.91. The van der Waals surface area contributed by atoms with E-state index in [1.807, 2.05) is 29.9 Å². The summed E-state index contributed by atoms with van der Waals surface area (Å²) in [5.41, 5.74) is 2.14. The van der Waals surface area contributed by atoms with Gasteiger partial charge in [0.15, 0.2) is 0 Å². The van der Waals surface area contributed by atoms with Crippen LogP contribution >= 0.6 is 0 Å². The largest absolute Gasteiger partial charge is 0.370 e. The fourth-order valence-corrected chi connectivity index (χ4v) is 2.19. The molecule has 1 aliphatic heterocycles. The van der Waals surface area contributed by atoms with E-state index in [0.29, 0.717) is 0 Å². The molecule has 0 aromatic carbocycles. The maximum atomic E-state index is 4.52. The van der Waals surface area contributed by atoms with Crippen LogP contribution < -0.4 is 5.32 Å². The molecule has 2 aromatic heterocycles. The second-order valence-electron chi connectivity index (χ2n) is 4.10. The van der Waals surface area contributed by atoms with Gasteiger partial charge in [-0.3, -0.25) is 4.98 Å². The molecule has 0 saturated carbocycles. The lowest BCUT2D eigenvalue weighted by Gasteiger charge is -2.25. The normalized spacial score (nSPS) is 18.9. The number of pyridine rings is 1. The molecule has 82 valence electrons. The lowest BCUT2D eigenvalue weighted by Crippen LogP contribution is -2.24. The van der Waals surface area contributed by atoms with Crippen LogP contribution in [0.15, 0.2) is 30.5 Å². The molecule has 4 heteroatoms. The van der Waals surface area contributed by atoms with Crippen LogP contribution in [0.4, 0.5) is 5.82 Å². The molecule has 1 unspecified atom stereocenters. The Morgan fingerprint density at radius 3 is 3.19 bits per heavy atom. The first kappa shape index (κ1) is 9.39. The summed E-state index contributed by atoms with van der Waals surface area (Å²) >= 11 is 0. The number of fused-ring (bicyclic) bond motifs is 1. The van der Waals surface area contributed by atoms with Crippen molar-refractivity contribution in [3.8, 4) is 0 Å². The minimum Gasteiger partial charge on any atom is -0.370 e. The number of hydrogen-bond acceptors (Lipinski definition) is 3. The minimum absolute atomic E-state index is 0.270. The molecule has 3 rings (SSSR count). The molecule has 3 heterocycles. The van der Waals surface area contributed by atoms with Gasteiger partial charge in [0, 0.05) is 18.8 Å². The SMILES string of the molecule is Cc1cc2n(n1)C(c1ccccn1)CCN2. The summed E-state index contributed by atoms with van der Waals surface area (Å²) in [6.07, 6.45) is 2.87. The second kappa shape index (κ2) is 3.63. The smallest absolute Gasteiger partial charge is 0.125 e. The Balaban J connectivity index is 2.05. The summed E-state index contributed by atoms with van der Waals surface area (Å²) in [7, 11) is 0. The van der Waals surface area contributed by atoms with Crippen LogP contribution in [0.25, 0.3) is 0 Å². The molecule has 0 saturated heterocycles. The maximum absolute atomic E-state index is 4.52. The topological polar surface area (TPSA) is 42.7 Å². The predicted octanol–water partition coefficient (Wildman–Crippen LogP) is 1.99. The van der Waals surface area contributed by atoms with E-state index in [9.17, 15) is 0 Å². The van der Waals surface area contributed by atoms with Gasteiger partial charge in [0.2, 0.25) is 0 Å². The molecule has 0 fully saturated rings. The Morgan fingerprint density at radius 2 is 2.38 bits per heavy atom. The number of rotatable bonds is 1. The van der Waals surface area contributed by atoms with Gasteiger partial charge in [0.25, 0.3) is 0 Å². The Kier molecular flexibility index (Phi) is 2.13. The van der Waals surface area contributed by atoms with Crippen LogP contribution in [0, 0.1) is 6.92 Å².